The Morgan fingerprint density at radius 3 is 2.59 bits per heavy atom. The summed E-state index contributed by atoms with van der Waals surface area (Å²) in [5.74, 6) is 1.14. The van der Waals surface area contributed by atoms with Crippen LogP contribution >= 0.6 is 0 Å². The van der Waals surface area contributed by atoms with Crippen molar-refractivity contribution >= 4 is 5.91 Å². The summed E-state index contributed by atoms with van der Waals surface area (Å²) in [6.07, 6.45) is 4.81. The zero-order chi connectivity index (χ0) is 15.5. The Hall–Kier alpha value is -1.55. The first-order valence-corrected chi connectivity index (χ1v) is 8.31. The van der Waals surface area contributed by atoms with Gasteiger partial charge in [-0.25, -0.2) is 0 Å². The lowest BCUT2D eigenvalue weighted by Crippen LogP contribution is -2.43. The van der Waals surface area contributed by atoms with E-state index in [9.17, 15) is 4.79 Å². The average molecular weight is 302 g/mol. The zero-order valence-corrected chi connectivity index (χ0v) is 13.6. The molecule has 1 aliphatic heterocycles. The minimum Gasteiger partial charge on any atom is -0.497 e. The summed E-state index contributed by atoms with van der Waals surface area (Å²) >= 11 is 0. The molecule has 2 aliphatic rings. The van der Waals surface area contributed by atoms with E-state index >= 15 is 0 Å². The second kappa shape index (κ2) is 6.69. The van der Waals surface area contributed by atoms with Crippen LogP contribution in [0.4, 0.5) is 0 Å². The first-order chi connectivity index (χ1) is 10.7. The van der Waals surface area contributed by atoms with Gasteiger partial charge in [0.2, 0.25) is 5.91 Å². The maximum absolute atomic E-state index is 11.8. The van der Waals surface area contributed by atoms with Gasteiger partial charge in [0, 0.05) is 32.1 Å². The van der Waals surface area contributed by atoms with Gasteiger partial charge in [0.1, 0.15) is 5.75 Å². The molecule has 1 saturated carbocycles. The molecule has 0 spiro atoms. The highest BCUT2D eigenvalue weighted by Gasteiger charge is 2.35. The van der Waals surface area contributed by atoms with Crippen LogP contribution in [-0.4, -0.2) is 48.0 Å². The molecule has 1 atom stereocenters. The number of carbonyl (C=O) groups is 1. The van der Waals surface area contributed by atoms with Gasteiger partial charge in [0.15, 0.2) is 0 Å². The van der Waals surface area contributed by atoms with Crippen molar-refractivity contribution in [2.45, 2.75) is 51.2 Å². The summed E-state index contributed by atoms with van der Waals surface area (Å²) in [7, 11) is 1.69. The van der Waals surface area contributed by atoms with E-state index in [1.165, 1.54) is 31.2 Å². The molecule has 0 radical (unpaired) electrons. The van der Waals surface area contributed by atoms with Crippen molar-refractivity contribution in [3.05, 3.63) is 29.8 Å². The number of nitrogens with zero attached hydrogens (tertiary/aromatic N) is 2. The molecule has 1 aromatic carbocycles. The third-order valence-corrected chi connectivity index (χ3v) is 4.84. The second-order valence-electron chi connectivity index (χ2n) is 6.52. The molecule has 4 heteroatoms. The maximum Gasteiger partial charge on any atom is 0.219 e. The predicted octanol–water partition coefficient (Wildman–Crippen LogP) is 2.67. The van der Waals surface area contributed by atoms with Crippen LogP contribution < -0.4 is 4.74 Å². The Kier molecular flexibility index (Phi) is 4.67. The molecular weight excluding hydrogens is 276 g/mol. The Bertz CT molecular complexity index is 510. The number of benzene rings is 1. The van der Waals surface area contributed by atoms with Crippen molar-refractivity contribution in [1.82, 2.24) is 9.80 Å². The van der Waals surface area contributed by atoms with Crippen LogP contribution in [0.3, 0.4) is 0 Å². The Morgan fingerprint density at radius 2 is 2.00 bits per heavy atom. The molecule has 1 heterocycles. The van der Waals surface area contributed by atoms with Crippen molar-refractivity contribution in [2.24, 2.45) is 0 Å². The molecule has 1 aliphatic carbocycles. The number of methoxy groups -OCH3 is 1. The fourth-order valence-electron chi connectivity index (χ4n) is 3.42. The fourth-order valence-corrected chi connectivity index (χ4v) is 3.42. The lowest BCUT2D eigenvalue weighted by Gasteiger charge is -2.30. The first-order valence-electron chi connectivity index (χ1n) is 8.31. The van der Waals surface area contributed by atoms with Crippen LogP contribution in [0.5, 0.6) is 5.75 Å². The summed E-state index contributed by atoms with van der Waals surface area (Å²) in [6.45, 7) is 4.70. The van der Waals surface area contributed by atoms with E-state index in [0.717, 1.165) is 25.4 Å². The lowest BCUT2D eigenvalue weighted by atomic mass is 10.1. The highest BCUT2D eigenvalue weighted by molar-refractivity contribution is 5.74. The minimum atomic E-state index is 0.235. The van der Waals surface area contributed by atoms with Gasteiger partial charge in [-0.05, 0) is 49.9 Å². The normalized spacial score (nSPS) is 21.8. The highest BCUT2D eigenvalue weighted by Crippen LogP contribution is 2.29. The summed E-state index contributed by atoms with van der Waals surface area (Å²) in [5.41, 5.74) is 1.31. The van der Waals surface area contributed by atoms with Gasteiger partial charge in [-0.2, -0.15) is 0 Å². The minimum absolute atomic E-state index is 0.235. The van der Waals surface area contributed by atoms with Gasteiger partial charge in [0.25, 0.3) is 0 Å². The molecule has 120 valence electrons. The monoisotopic (exact) mass is 302 g/mol. The molecule has 1 saturated heterocycles. The molecule has 0 unspecified atom stereocenters. The van der Waals surface area contributed by atoms with Crippen LogP contribution in [0.25, 0.3) is 0 Å². The molecular formula is C18H26N2O2. The van der Waals surface area contributed by atoms with Crippen LogP contribution in [0, 0.1) is 0 Å². The standard InChI is InChI=1S/C18H26N2O2/c1-14(21)20(16-7-8-16)13-17-4-3-11-19(17)12-15-5-9-18(22-2)10-6-15/h5-6,9-10,16-17H,3-4,7-8,11-13H2,1-2H3/t17-/m1/s1. The molecule has 22 heavy (non-hydrogen) atoms. The van der Waals surface area contributed by atoms with Crippen LogP contribution in [-0.2, 0) is 11.3 Å². The highest BCUT2D eigenvalue weighted by atomic mass is 16.5. The van der Waals surface area contributed by atoms with E-state index < -0.39 is 0 Å². The van der Waals surface area contributed by atoms with Gasteiger partial charge in [0.05, 0.1) is 7.11 Å². The Balaban J connectivity index is 1.60. The number of likely N-dealkylation sites (tertiary alicyclic amines) is 1. The van der Waals surface area contributed by atoms with E-state index in [-0.39, 0.29) is 5.91 Å². The Labute approximate surface area is 133 Å². The molecule has 0 aromatic heterocycles. The predicted molar refractivity (Wildman–Crippen MR) is 86.8 cm³/mol. The lowest BCUT2D eigenvalue weighted by molar-refractivity contribution is -0.130. The quantitative estimate of drug-likeness (QED) is 0.810. The molecule has 2 fully saturated rings. The molecule has 1 aromatic rings. The van der Waals surface area contributed by atoms with Gasteiger partial charge < -0.3 is 9.64 Å². The summed E-state index contributed by atoms with van der Waals surface area (Å²) in [5, 5.41) is 0. The summed E-state index contributed by atoms with van der Waals surface area (Å²) in [4.78, 5) is 16.5. The van der Waals surface area contributed by atoms with E-state index in [4.69, 9.17) is 4.74 Å². The van der Waals surface area contributed by atoms with Crippen molar-refractivity contribution in [3.8, 4) is 5.75 Å². The van der Waals surface area contributed by atoms with Crippen LogP contribution in [0.1, 0.15) is 38.2 Å². The fraction of sp³-hybridized carbons (Fsp3) is 0.611. The smallest absolute Gasteiger partial charge is 0.219 e. The number of hydrogen-bond acceptors (Lipinski definition) is 3. The van der Waals surface area contributed by atoms with E-state index in [0.29, 0.717) is 12.1 Å². The van der Waals surface area contributed by atoms with Gasteiger partial charge in [-0.3, -0.25) is 9.69 Å². The molecule has 4 nitrogen and oxygen atoms in total. The van der Waals surface area contributed by atoms with Crippen molar-refractivity contribution in [2.75, 3.05) is 20.2 Å². The summed E-state index contributed by atoms with van der Waals surface area (Å²) in [6, 6.07) is 9.34. The van der Waals surface area contributed by atoms with E-state index in [1.807, 2.05) is 12.1 Å². The summed E-state index contributed by atoms with van der Waals surface area (Å²) < 4.78 is 5.21. The van der Waals surface area contributed by atoms with Gasteiger partial charge in [-0.15, -0.1) is 0 Å². The molecule has 3 rings (SSSR count). The number of ether oxygens (including phenoxy) is 1. The average Bonchev–Trinajstić information content (AvgIpc) is 3.27. The van der Waals surface area contributed by atoms with Gasteiger partial charge >= 0.3 is 0 Å². The maximum atomic E-state index is 11.8. The third kappa shape index (κ3) is 3.61. The van der Waals surface area contributed by atoms with Crippen molar-refractivity contribution in [3.63, 3.8) is 0 Å². The number of carbonyl (C=O) groups excluding carboxylic acids is 1. The number of rotatable bonds is 6. The SMILES string of the molecule is COc1ccc(CN2CCC[C@@H]2CN(C(C)=O)C2CC2)cc1. The molecule has 0 N–H and O–H groups in total. The van der Waals surface area contributed by atoms with Crippen molar-refractivity contribution < 1.29 is 9.53 Å². The largest absolute Gasteiger partial charge is 0.497 e. The van der Waals surface area contributed by atoms with Crippen LogP contribution in [0.2, 0.25) is 0 Å². The zero-order valence-electron chi connectivity index (χ0n) is 13.6. The topological polar surface area (TPSA) is 32.8 Å². The second-order valence-corrected chi connectivity index (χ2v) is 6.52. The van der Waals surface area contributed by atoms with Crippen molar-refractivity contribution in [1.29, 1.82) is 0 Å². The molecule has 0 bridgehead atoms. The van der Waals surface area contributed by atoms with Crippen LogP contribution in [0.15, 0.2) is 24.3 Å². The van der Waals surface area contributed by atoms with Gasteiger partial charge in [-0.1, -0.05) is 12.1 Å². The number of amides is 1. The van der Waals surface area contributed by atoms with E-state index in [1.54, 1.807) is 14.0 Å². The Morgan fingerprint density at radius 1 is 1.27 bits per heavy atom. The molecule has 1 amide bonds. The number of hydrogen-bond donors (Lipinski definition) is 0. The van der Waals surface area contributed by atoms with E-state index in [2.05, 4.69) is 21.9 Å². The first kappa shape index (κ1) is 15.3. The third-order valence-electron chi connectivity index (χ3n) is 4.84.